The smallest absolute Gasteiger partial charge is 0.224 e. The van der Waals surface area contributed by atoms with Crippen molar-refractivity contribution in [3.05, 3.63) is 106 Å². The van der Waals surface area contributed by atoms with Gasteiger partial charge in [-0.15, -0.1) is 0 Å². The van der Waals surface area contributed by atoms with Gasteiger partial charge in [0.25, 0.3) is 0 Å². The van der Waals surface area contributed by atoms with Gasteiger partial charge >= 0.3 is 0 Å². The van der Waals surface area contributed by atoms with Gasteiger partial charge in [-0.1, -0.05) is 60.2 Å². The van der Waals surface area contributed by atoms with Crippen LogP contribution in [0.1, 0.15) is 58.2 Å². The van der Waals surface area contributed by atoms with Gasteiger partial charge in [-0.05, 0) is 85.5 Å². The fraction of sp³-hybridized carbons (Fsp3) is 0.300. The predicted molar refractivity (Wildman–Crippen MR) is 137 cm³/mol. The van der Waals surface area contributed by atoms with Crippen LogP contribution in [0.5, 0.6) is 0 Å². The molecule has 0 bridgehead atoms. The maximum Gasteiger partial charge on any atom is 0.224 e. The zero-order valence-electron chi connectivity index (χ0n) is 19.7. The molecule has 1 amide bonds. The van der Waals surface area contributed by atoms with E-state index in [-0.39, 0.29) is 5.91 Å². The van der Waals surface area contributed by atoms with Crippen molar-refractivity contribution >= 4 is 17.3 Å². The minimum Gasteiger partial charge on any atom is -0.378 e. The summed E-state index contributed by atoms with van der Waals surface area (Å²) in [5.74, 6) is 0.916. The van der Waals surface area contributed by atoms with Gasteiger partial charge in [-0.3, -0.25) is 4.79 Å². The molecule has 3 nitrogen and oxygen atoms in total. The van der Waals surface area contributed by atoms with Crippen molar-refractivity contribution in [1.82, 2.24) is 0 Å². The summed E-state index contributed by atoms with van der Waals surface area (Å²) >= 11 is 0. The van der Waals surface area contributed by atoms with Crippen molar-refractivity contribution in [2.24, 2.45) is 5.92 Å². The number of hydrogen-bond acceptors (Lipinski definition) is 2. The molecule has 0 saturated carbocycles. The molecule has 5 rings (SSSR count). The van der Waals surface area contributed by atoms with E-state index in [1.54, 1.807) is 0 Å². The fourth-order valence-corrected chi connectivity index (χ4v) is 5.77. The van der Waals surface area contributed by atoms with Crippen molar-refractivity contribution in [1.29, 1.82) is 0 Å². The summed E-state index contributed by atoms with van der Waals surface area (Å²) in [5, 5.41) is 6.98. The number of allylic oxidation sites excluding steroid dienone is 2. The van der Waals surface area contributed by atoms with E-state index in [1.807, 2.05) is 24.3 Å². The lowest BCUT2D eigenvalue weighted by Crippen LogP contribution is -2.30. The van der Waals surface area contributed by atoms with E-state index in [2.05, 4.69) is 80.0 Å². The van der Waals surface area contributed by atoms with Crippen molar-refractivity contribution in [2.45, 2.75) is 52.0 Å². The van der Waals surface area contributed by atoms with Crippen molar-refractivity contribution in [2.75, 3.05) is 10.6 Å². The molecule has 3 atom stereocenters. The molecule has 2 N–H and O–H groups in total. The van der Waals surface area contributed by atoms with Crippen LogP contribution in [0.4, 0.5) is 11.4 Å². The molecule has 3 unspecified atom stereocenters. The fourth-order valence-electron chi connectivity index (χ4n) is 5.77. The van der Waals surface area contributed by atoms with Crippen LogP contribution in [-0.4, -0.2) is 5.91 Å². The Balaban J connectivity index is 1.36. The molecular weight excluding hydrogens is 404 g/mol. The Hall–Kier alpha value is -3.33. The summed E-state index contributed by atoms with van der Waals surface area (Å²) in [5.41, 5.74) is 10.0. The molecule has 33 heavy (non-hydrogen) atoms. The molecule has 2 aliphatic rings. The minimum atomic E-state index is 0.0601. The molecule has 3 heteroatoms. The van der Waals surface area contributed by atoms with Crippen molar-refractivity contribution < 1.29 is 4.79 Å². The van der Waals surface area contributed by atoms with E-state index in [4.69, 9.17) is 0 Å². The van der Waals surface area contributed by atoms with Crippen LogP contribution >= 0.6 is 0 Å². The molecule has 0 saturated heterocycles. The molecular formula is C30H32N2O. The summed E-state index contributed by atoms with van der Waals surface area (Å²) in [6.07, 6.45) is 6.99. The quantitative estimate of drug-likeness (QED) is 0.422. The molecule has 0 spiro atoms. The first-order valence-corrected chi connectivity index (χ1v) is 12.0. The van der Waals surface area contributed by atoms with Gasteiger partial charge in [0.05, 0.1) is 6.04 Å². The van der Waals surface area contributed by atoms with Crippen molar-refractivity contribution in [3.8, 4) is 0 Å². The van der Waals surface area contributed by atoms with Crippen LogP contribution in [0.25, 0.3) is 0 Å². The van der Waals surface area contributed by atoms with E-state index < -0.39 is 0 Å². The monoisotopic (exact) mass is 436 g/mol. The molecule has 3 aromatic carbocycles. The lowest BCUT2D eigenvalue weighted by Gasteiger charge is -2.39. The number of carbonyl (C=O) groups excluding carboxylic acids is 1. The molecule has 3 aromatic rings. The van der Waals surface area contributed by atoms with Crippen LogP contribution < -0.4 is 10.6 Å². The first-order chi connectivity index (χ1) is 16.0. The lowest BCUT2D eigenvalue weighted by molar-refractivity contribution is -0.116. The maximum atomic E-state index is 12.6. The number of hydrogen-bond donors (Lipinski definition) is 2. The van der Waals surface area contributed by atoms with Crippen LogP contribution in [0.2, 0.25) is 0 Å². The number of aryl methyl sites for hydroxylation is 4. The number of amides is 1. The number of anilines is 2. The summed E-state index contributed by atoms with van der Waals surface area (Å²) in [6, 6.07) is 21.4. The zero-order chi connectivity index (χ0) is 22.9. The van der Waals surface area contributed by atoms with Crippen LogP contribution in [0.15, 0.2) is 72.8 Å². The SMILES string of the molecule is Cc1cc(C)c(C2Nc3ccc(NC(=O)CCc4ccccc4)cc3C3C=CCC32)c(C)c1. The number of rotatable bonds is 5. The predicted octanol–water partition coefficient (Wildman–Crippen LogP) is 7.01. The van der Waals surface area contributed by atoms with Crippen molar-refractivity contribution in [3.63, 3.8) is 0 Å². The zero-order valence-corrected chi connectivity index (χ0v) is 19.7. The van der Waals surface area contributed by atoms with E-state index in [1.165, 1.54) is 39.1 Å². The van der Waals surface area contributed by atoms with Gasteiger partial charge in [0.2, 0.25) is 5.91 Å². The maximum absolute atomic E-state index is 12.6. The standard InChI is InChI=1S/C30H32N2O/c1-19-16-20(2)29(21(3)17-19)30-25-11-7-10-24(25)26-18-23(13-14-27(26)32-30)31-28(33)15-12-22-8-5-4-6-9-22/h4-10,13-14,16-18,24-25,30,32H,11-12,15H2,1-3H3,(H,31,33). The number of benzene rings is 3. The first kappa shape index (κ1) is 21.5. The highest BCUT2D eigenvalue weighted by Crippen LogP contribution is 2.51. The summed E-state index contributed by atoms with van der Waals surface area (Å²) in [7, 11) is 0. The van der Waals surface area contributed by atoms with Crippen LogP contribution in [0, 0.1) is 26.7 Å². The van der Waals surface area contributed by atoms with Gasteiger partial charge in [-0.2, -0.15) is 0 Å². The first-order valence-electron chi connectivity index (χ1n) is 12.0. The van der Waals surface area contributed by atoms with Gasteiger partial charge in [0.1, 0.15) is 0 Å². The van der Waals surface area contributed by atoms with E-state index in [0.29, 0.717) is 24.3 Å². The van der Waals surface area contributed by atoms with E-state index in [9.17, 15) is 4.79 Å². The molecule has 1 heterocycles. The average Bonchev–Trinajstić information content (AvgIpc) is 3.29. The third-order valence-electron chi connectivity index (χ3n) is 7.18. The Labute approximate surface area is 196 Å². The van der Waals surface area contributed by atoms with E-state index in [0.717, 1.165) is 18.5 Å². The third kappa shape index (κ3) is 4.32. The highest BCUT2D eigenvalue weighted by molar-refractivity contribution is 5.91. The molecule has 1 aliphatic carbocycles. The van der Waals surface area contributed by atoms with Crippen LogP contribution in [0.3, 0.4) is 0 Å². The molecule has 0 fully saturated rings. The summed E-state index contributed by atoms with van der Waals surface area (Å²) in [4.78, 5) is 12.6. The molecule has 0 aromatic heterocycles. The van der Waals surface area contributed by atoms with Gasteiger partial charge in [0, 0.05) is 23.7 Å². The summed E-state index contributed by atoms with van der Waals surface area (Å²) in [6.45, 7) is 6.64. The third-order valence-corrected chi connectivity index (χ3v) is 7.18. The largest absolute Gasteiger partial charge is 0.378 e. The Morgan fingerprint density at radius 3 is 2.52 bits per heavy atom. The molecule has 0 radical (unpaired) electrons. The normalized spacial score (nSPS) is 20.6. The highest BCUT2D eigenvalue weighted by atomic mass is 16.1. The lowest BCUT2D eigenvalue weighted by atomic mass is 9.75. The van der Waals surface area contributed by atoms with Gasteiger partial charge < -0.3 is 10.6 Å². The Morgan fingerprint density at radius 1 is 1.00 bits per heavy atom. The molecule has 168 valence electrons. The van der Waals surface area contributed by atoms with Gasteiger partial charge in [-0.25, -0.2) is 0 Å². The second-order valence-electron chi connectivity index (χ2n) is 9.62. The Bertz CT molecular complexity index is 1190. The highest BCUT2D eigenvalue weighted by Gasteiger charge is 2.39. The summed E-state index contributed by atoms with van der Waals surface area (Å²) < 4.78 is 0. The minimum absolute atomic E-state index is 0.0601. The molecule has 1 aliphatic heterocycles. The average molecular weight is 437 g/mol. The Morgan fingerprint density at radius 2 is 1.76 bits per heavy atom. The van der Waals surface area contributed by atoms with E-state index >= 15 is 0 Å². The number of nitrogens with one attached hydrogen (secondary N) is 2. The number of fused-ring (bicyclic) bond motifs is 3. The Kier molecular flexibility index (Phi) is 5.80. The van der Waals surface area contributed by atoms with Gasteiger partial charge in [0.15, 0.2) is 0 Å². The second-order valence-corrected chi connectivity index (χ2v) is 9.62. The van der Waals surface area contributed by atoms with Crippen LogP contribution in [-0.2, 0) is 11.2 Å². The number of carbonyl (C=O) groups is 1. The second kappa shape index (κ2) is 8.90. The topological polar surface area (TPSA) is 41.1 Å².